The Morgan fingerprint density at radius 2 is 2.50 bits per heavy atom. The molecule has 0 saturated heterocycles. The van der Waals surface area contributed by atoms with Gasteiger partial charge in [0.25, 0.3) is 0 Å². The van der Waals surface area contributed by atoms with Crippen molar-refractivity contribution in [2.75, 3.05) is 26.7 Å². The van der Waals surface area contributed by atoms with Gasteiger partial charge in [0.05, 0.1) is 20.2 Å². The summed E-state index contributed by atoms with van der Waals surface area (Å²) in [7, 11) is 1.75. The number of thiophene rings is 1. The molecule has 0 aromatic carbocycles. The third kappa shape index (κ3) is 1.70. The average Bonchev–Trinajstić information content (AvgIpc) is 2.94. The van der Waals surface area contributed by atoms with E-state index in [9.17, 15) is 0 Å². The first-order valence-corrected chi connectivity index (χ1v) is 6.37. The highest BCUT2D eigenvalue weighted by Crippen LogP contribution is 2.36. The quantitative estimate of drug-likeness (QED) is 0.854. The molecule has 0 unspecified atom stereocenters. The van der Waals surface area contributed by atoms with Crippen LogP contribution >= 0.6 is 11.3 Å². The lowest BCUT2D eigenvalue weighted by Gasteiger charge is -2.15. The number of amidine groups is 1. The van der Waals surface area contributed by atoms with Crippen LogP contribution in [0.25, 0.3) is 0 Å². The van der Waals surface area contributed by atoms with Gasteiger partial charge in [-0.1, -0.05) is 0 Å². The van der Waals surface area contributed by atoms with Crippen LogP contribution in [0.1, 0.15) is 11.1 Å². The molecule has 0 aliphatic carbocycles. The number of nitrogens with zero attached hydrogens (tertiary/aromatic N) is 2. The second-order valence-electron chi connectivity index (χ2n) is 4.13. The van der Waals surface area contributed by atoms with Crippen LogP contribution in [-0.4, -0.2) is 37.5 Å². The van der Waals surface area contributed by atoms with Gasteiger partial charge in [-0.25, -0.2) is 0 Å². The van der Waals surface area contributed by atoms with Crippen LogP contribution in [0, 0.1) is 0 Å². The van der Waals surface area contributed by atoms with Crippen molar-refractivity contribution < 1.29 is 4.74 Å². The fraction of sp³-hybridized carbons (Fsp3) is 0.545. The maximum absolute atomic E-state index is 5.36. The SMILES string of the molecule is COc1scc2c1CN(CC1=NCCN1)C2. The molecule has 0 fully saturated rings. The normalized spacial score (nSPS) is 19.4. The number of aliphatic imine (C=N–C) groups is 1. The van der Waals surface area contributed by atoms with Crippen molar-refractivity contribution in [1.29, 1.82) is 0 Å². The fourth-order valence-corrected chi connectivity index (χ4v) is 3.17. The molecule has 0 radical (unpaired) electrons. The summed E-state index contributed by atoms with van der Waals surface area (Å²) in [5.41, 5.74) is 2.78. The second kappa shape index (κ2) is 4.07. The minimum atomic E-state index is 0.924. The molecule has 0 saturated carbocycles. The van der Waals surface area contributed by atoms with Crippen molar-refractivity contribution >= 4 is 17.2 Å². The van der Waals surface area contributed by atoms with E-state index >= 15 is 0 Å². The van der Waals surface area contributed by atoms with E-state index < -0.39 is 0 Å². The molecule has 0 bridgehead atoms. The Kier molecular flexibility index (Phi) is 2.57. The van der Waals surface area contributed by atoms with Crippen molar-refractivity contribution in [3.05, 3.63) is 16.5 Å². The van der Waals surface area contributed by atoms with Crippen LogP contribution in [-0.2, 0) is 13.1 Å². The maximum atomic E-state index is 5.36. The van der Waals surface area contributed by atoms with Crippen LogP contribution < -0.4 is 10.1 Å². The third-order valence-corrected chi connectivity index (χ3v) is 4.05. The summed E-state index contributed by atoms with van der Waals surface area (Å²) < 4.78 is 5.36. The standard InChI is InChI=1S/C11H15N3OS/c1-15-11-9-5-14(4-8(9)7-16-11)6-10-12-2-3-13-10/h7H,2-6H2,1H3,(H,12,13). The van der Waals surface area contributed by atoms with Gasteiger partial charge in [-0.05, 0) is 10.9 Å². The number of hydrogen-bond donors (Lipinski definition) is 1. The van der Waals surface area contributed by atoms with Gasteiger partial charge in [0.1, 0.15) is 5.84 Å². The Morgan fingerprint density at radius 3 is 3.25 bits per heavy atom. The zero-order valence-electron chi connectivity index (χ0n) is 9.32. The van der Waals surface area contributed by atoms with Crippen LogP contribution in [0.2, 0.25) is 0 Å². The molecule has 3 heterocycles. The van der Waals surface area contributed by atoms with Crippen molar-refractivity contribution in [1.82, 2.24) is 10.2 Å². The van der Waals surface area contributed by atoms with Crippen molar-refractivity contribution in [3.8, 4) is 5.06 Å². The first-order valence-electron chi connectivity index (χ1n) is 5.49. The van der Waals surface area contributed by atoms with Crippen LogP contribution in [0.4, 0.5) is 0 Å². The summed E-state index contributed by atoms with van der Waals surface area (Å²) in [6.07, 6.45) is 0. The first kappa shape index (κ1) is 10.1. The smallest absolute Gasteiger partial charge is 0.178 e. The lowest BCUT2D eigenvalue weighted by molar-refractivity contribution is 0.320. The predicted octanol–water partition coefficient (Wildman–Crippen LogP) is 1.07. The summed E-state index contributed by atoms with van der Waals surface area (Å²) in [5.74, 6) is 1.13. The molecule has 0 spiro atoms. The van der Waals surface area contributed by atoms with Gasteiger partial charge in [0.2, 0.25) is 0 Å². The van der Waals surface area contributed by atoms with E-state index in [1.165, 1.54) is 11.1 Å². The molecule has 16 heavy (non-hydrogen) atoms. The van der Waals surface area contributed by atoms with Crippen LogP contribution in [0.3, 0.4) is 0 Å². The largest absolute Gasteiger partial charge is 0.487 e. The Morgan fingerprint density at radius 1 is 1.56 bits per heavy atom. The molecular weight excluding hydrogens is 222 g/mol. The fourth-order valence-electron chi connectivity index (χ4n) is 2.26. The topological polar surface area (TPSA) is 36.9 Å². The lowest BCUT2D eigenvalue weighted by Crippen LogP contribution is -2.31. The molecule has 4 nitrogen and oxygen atoms in total. The van der Waals surface area contributed by atoms with E-state index in [4.69, 9.17) is 4.74 Å². The summed E-state index contributed by atoms with van der Waals surface area (Å²) in [6.45, 7) is 4.86. The van der Waals surface area contributed by atoms with E-state index in [1.54, 1.807) is 18.4 Å². The summed E-state index contributed by atoms with van der Waals surface area (Å²) in [4.78, 5) is 6.82. The zero-order valence-corrected chi connectivity index (χ0v) is 10.1. The molecule has 2 aliphatic rings. The van der Waals surface area contributed by atoms with Gasteiger partial charge >= 0.3 is 0 Å². The molecule has 1 N–H and O–H groups in total. The molecule has 2 aliphatic heterocycles. The average molecular weight is 237 g/mol. The molecule has 0 atom stereocenters. The van der Waals surface area contributed by atoms with Crippen molar-refractivity contribution in [2.24, 2.45) is 4.99 Å². The van der Waals surface area contributed by atoms with E-state index in [1.807, 2.05) is 0 Å². The number of fused-ring (bicyclic) bond motifs is 1. The molecule has 5 heteroatoms. The highest BCUT2D eigenvalue weighted by molar-refractivity contribution is 7.12. The second-order valence-corrected chi connectivity index (χ2v) is 4.97. The van der Waals surface area contributed by atoms with E-state index in [-0.39, 0.29) is 0 Å². The van der Waals surface area contributed by atoms with Gasteiger partial charge in [0, 0.05) is 25.2 Å². The maximum Gasteiger partial charge on any atom is 0.178 e. The Hall–Kier alpha value is -1.07. The molecule has 1 aromatic heterocycles. The minimum Gasteiger partial charge on any atom is -0.487 e. The van der Waals surface area contributed by atoms with Crippen LogP contribution in [0.15, 0.2) is 10.4 Å². The van der Waals surface area contributed by atoms with E-state index in [0.717, 1.165) is 43.6 Å². The number of hydrogen-bond acceptors (Lipinski definition) is 5. The van der Waals surface area contributed by atoms with Crippen LogP contribution in [0.5, 0.6) is 5.06 Å². The van der Waals surface area contributed by atoms with E-state index in [0.29, 0.717) is 0 Å². The predicted molar refractivity (Wildman–Crippen MR) is 65.3 cm³/mol. The molecular formula is C11H15N3OS. The zero-order chi connectivity index (χ0) is 11.0. The number of rotatable bonds is 3. The first-order chi connectivity index (χ1) is 7.86. The van der Waals surface area contributed by atoms with Crippen molar-refractivity contribution in [3.63, 3.8) is 0 Å². The Balaban J connectivity index is 1.68. The Labute approximate surface area is 98.9 Å². The van der Waals surface area contributed by atoms with Gasteiger partial charge in [0.15, 0.2) is 5.06 Å². The number of nitrogens with one attached hydrogen (secondary N) is 1. The molecule has 3 rings (SSSR count). The van der Waals surface area contributed by atoms with Gasteiger partial charge in [-0.3, -0.25) is 9.89 Å². The highest BCUT2D eigenvalue weighted by atomic mass is 32.1. The summed E-state index contributed by atoms with van der Waals surface area (Å²) in [5, 5.41) is 6.59. The monoisotopic (exact) mass is 237 g/mol. The van der Waals surface area contributed by atoms with Gasteiger partial charge in [-0.2, -0.15) is 0 Å². The van der Waals surface area contributed by atoms with Gasteiger partial charge in [-0.15, -0.1) is 11.3 Å². The molecule has 1 aromatic rings. The Bertz CT molecular complexity index is 427. The molecule has 0 amide bonds. The lowest BCUT2D eigenvalue weighted by atomic mass is 10.2. The van der Waals surface area contributed by atoms with Gasteiger partial charge < -0.3 is 10.1 Å². The number of methoxy groups -OCH3 is 1. The third-order valence-electron chi connectivity index (χ3n) is 3.02. The highest BCUT2D eigenvalue weighted by Gasteiger charge is 2.25. The molecule has 86 valence electrons. The van der Waals surface area contributed by atoms with E-state index in [2.05, 4.69) is 20.6 Å². The summed E-state index contributed by atoms with van der Waals surface area (Å²) in [6, 6.07) is 0. The minimum absolute atomic E-state index is 0.924. The van der Waals surface area contributed by atoms with Crippen molar-refractivity contribution in [2.45, 2.75) is 13.1 Å². The number of ether oxygens (including phenoxy) is 1. The summed E-state index contributed by atoms with van der Waals surface area (Å²) >= 11 is 1.70.